The maximum absolute atomic E-state index is 14.3. The van der Waals surface area contributed by atoms with Crippen LogP contribution in [-0.4, -0.2) is 29.6 Å². The summed E-state index contributed by atoms with van der Waals surface area (Å²) in [5.74, 6) is 0.991. The minimum Gasteiger partial charge on any atom is -0.373 e. The number of carbonyl (C=O) groups is 1. The number of aryl methyl sites for hydroxylation is 1. The Kier molecular flexibility index (Phi) is 7.28. The average molecular weight is 444 g/mol. The van der Waals surface area contributed by atoms with Crippen LogP contribution >= 0.6 is 12.4 Å². The van der Waals surface area contributed by atoms with Crippen molar-refractivity contribution >= 4 is 40.8 Å². The van der Waals surface area contributed by atoms with Crippen LogP contribution < -0.4 is 16.0 Å². The summed E-state index contributed by atoms with van der Waals surface area (Å²) in [7, 11) is 1.81. The highest BCUT2D eigenvalue weighted by Crippen LogP contribution is 2.30. The summed E-state index contributed by atoms with van der Waals surface area (Å²) in [4.78, 5) is 21.2. The Balaban J connectivity index is 0.00000272. The van der Waals surface area contributed by atoms with Crippen molar-refractivity contribution in [3.63, 3.8) is 0 Å². The third kappa shape index (κ3) is 5.22. The van der Waals surface area contributed by atoms with Gasteiger partial charge in [0, 0.05) is 42.5 Å². The maximum Gasteiger partial charge on any atom is 0.319 e. The lowest BCUT2D eigenvalue weighted by atomic mass is 9.83. The van der Waals surface area contributed by atoms with Gasteiger partial charge in [-0.25, -0.2) is 14.2 Å². The molecular formula is C23H27ClFN5O. The molecular weight excluding hydrogens is 417 g/mol. The summed E-state index contributed by atoms with van der Waals surface area (Å²) >= 11 is 0. The number of anilines is 2. The first-order chi connectivity index (χ1) is 14.5. The van der Waals surface area contributed by atoms with Gasteiger partial charge in [0.15, 0.2) is 0 Å². The topological polar surface area (TPSA) is 78.9 Å². The van der Waals surface area contributed by atoms with E-state index in [-0.39, 0.29) is 24.1 Å². The highest BCUT2D eigenvalue weighted by atomic mass is 35.5. The van der Waals surface area contributed by atoms with Crippen LogP contribution in [0.5, 0.6) is 0 Å². The molecule has 31 heavy (non-hydrogen) atoms. The first-order valence-corrected chi connectivity index (χ1v) is 10.3. The number of hydrogen-bond donors (Lipinski definition) is 3. The van der Waals surface area contributed by atoms with E-state index in [0.29, 0.717) is 12.5 Å². The van der Waals surface area contributed by atoms with Crippen LogP contribution in [0.3, 0.4) is 0 Å². The largest absolute Gasteiger partial charge is 0.373 e. The maximum atomic E-state index is 14.3. The van der Waals surface area contributed by atoms with Gasteiger partial charge < -0.3 is 16.0 Å². The molecule has 164 valence electrons. The van der Waals surface area contributed by atoms with E-state index in [9.17, 15) is 9.18 Å². The first-order valence-electron chi connectivity index (χ1n) is 10.3. The number of rotatable bonds is 6. The van der Waals surface area contributed by atoms with E-state index >= 15 is 0 Å². The van der Waals surface area contributed by atoms with Crippen molar-refractivity contribution in [1.29, 1.82) is 0 Å². The number of nitrogens with one attached hydrogen (secondary N) is 3. The second kappa shape index (κ2) is 9.92. The molecule has 0 radical (unpaired) electrons. The van der Waals surface area contributed by atoms with E-state index < -0.39 is 5.82 Å². The number of amides is 2. The number of pyridine rings is 2. The van der Waals surface area contributed by atoms with Gasteiger partial charge in [-0.1, -0.05) is 25.3 Å². The van der Waals surface area contributed by atoms with E-state index in [1.54, 1.807) is 18.3 Å². The zero-order chi connectivity index (χ0) is 21.1. The summed E-state index contributed by atoms with van der Waals surface area (Å²) in [6.07, 6.45) is 6.50. The molecule has 0 saturated heterocycles. The van der Waals surface area contributed by atoms with Crippen LogP contribution in [0.25, 0.3) is 22.0 Å². The van der Waals surface area contributed by atoms with Gasteiger partial charge in [-0.15, -0.1) is 12.4 Å². The molecule has 0 bridgehead atoms. The Morgan fingerprint density at radius 1 is 1.23 bits per heavy atom. The Hall–Kier alpha value is -2.93. The fourth-order valence-corrected chi connectivity index (χ4v) is 3.72. The Labute approximate surface area is 187 Å². The van der Waals surface area contributed by atoms with E-state index in [1.807, 2.05) is 26.1 Å². The summed E-state index contributed by atoms with van der Waals surface area (Å²) < 4.78 is 14.3. The molecule has 2 aromatic heterocycles. The fraction of sp³-hybridized carbons (Fsp3) is 0.348. The summed E-state index contributed by atoms with van der Waals surface area (Å²) in [6, 6.07) is 8.19. The summed E-state index contributed by atoms with van der Waals surface area (Å²) in [5.41, 5.74) is 3.46. The Bertz CT molecular complexity index is 1090. The lowest BCUT2D eigenvalue weighted by molar-refractivity contribution is 0.247. The second-order valence-electron chi connectivity index (χ2n) is 7.79. The molecule has 0 spiro atoms. The normalized spacial score (nSPS) is 13.3. The van der Waals surface area contributed by atoms with E-state index in [2.05, 4.69) is 25.9 Å². The monoisotopic (exact) mass is 443 g/mol. The number of aromatic nitrogens is 2. The fourth-order valence-electron chi connectivity index (χ4n) is 3.72. The molecule has 1 fully saturated rings. The summed E-state index contributed by atoms with van der Waals surface area (Å²) in [6.45, 7) is 2.52. The van der Waals surface area contributed by atoms with Gasteiger partial charge >= 0.3 is 6.03 Å². The predicted octanol–water partition coefficient (Wildman–Crippen LogP) is 5.52. The molecule has 4 rings (SSSR count). The second-order valence-corrected chi connectivity index (χ2v) is 7.79. The minimum absolute atomic E-state index is 0. The average Bonchev–Trinajstić information content (AvgIpc) is 2.70. The van der Waals surface area contributed by atoms with E-state index in [0.717, 1.165) is 40.0 Å². The molecule has 3 N–H and O–H groups in total. The van der Waals surface area contributed by atoms with Crippen LogP contribution in [0.15, 0.2) is 36.5 Å². The molecule has 0 aliphatic heterocycles. The number of halogens is 2. The molecule has 0 unspecified atom stereocenters. The highest BCUT2D eigenvalue weighted by molar-refractivity contribution is 5.91. The highest BCUT2D eigenvalue weighted by Gasteiger charge is 2.17. The van der Waals surface area contributed by atoms with Gasteiger partial charge in [0.25, 0.3) is 0 Å². The van der Waals surface area contributed by atoms with E-state index in [1.165, 1.54) is 25.3 Å². The van der Waals surface area contributed by atoms with Gasteiger partial charge in [-0.2, -0.15) is 0 Å². The number of fused-ring (bicyclic) bond motifs is 1. The minimum atomic E-state index is -0.473. The van der Waals surface area contributed by atoms with E-state index in [4.69, 9.17) is 0 Å². The molecule has 0 atom stereocenters. The van der Waals surface area contributed by atoms with Crippen molar-refractivity contribution in [3.05, 3.63) is 48.0 Å². The Morgan fingerprint density at radius 2 is 2.03 bits per heavy atom. The molecule has 8 heteroatoms. The number of nitrogens with zero attached hydrogens (tertiary/aromatic N) is 2. The lowest BCUT2D eigenvalue weighted by Crippen LogP contribution is -2.31. The number of urea groups is 1. The zero-order valence-electron chi connectivity index (χ0n) is 17.7. The molecule has 1 aromatic carbocycles. The van der Waals surface area contributed by atoms with Crippen LogP contribution in [0, 0.1) is 18.7 Å². The van der Waals surface area contributed by atoms with Gasteiger partial charge in [0.2, 0.25) is 0 Å². The number of benzene rings is 1. The zero-order valence-corrected chi connectivity index (χ0v) is 18.5. The standard InChI is InChI=1S/C23H26FN5O.ClH/c1-14-18(10-17-13-27-22(25-2)12-20(17)28-14)16-6-7-19(24)21(11-16)29-23(30)26-9-8-15-4-3-5-15;/h6-7,10-13,15H,3-5,8-9H2,1-2H3,(H,25,27)(H2,26,29,30);1H. The Morgan fingerprint density at radius 3 is 2.74 bits per heavy atom. The van der Waals surface area contributed by atoms with Crippen molar-refractivity contribution in [2.75, 3.05) is 24.2 Å². The van der Waals surface area contributed by atoms with Crippen LogP contribution in [-0.2, 0) is 0 Å². The molecule has 1 aliphatic rings. The van der Waals surface area contributed by atoms with Crippen LogP contribution in [0.4, 0.5) is 20.7 Å². The molecule has 6 nitrogen and oxygen atoms in total. The SMILES string of the molecule is CNc1cc2nc(C)c(-c3ccc(F)c(NC(=O)NCCC4CCC4)c3)cc2cn1.Cl. The van der Waals surface area contributed by atoms with Crippen molar-refractivity contribution in [2.24, 2.45) is 5.92 Å². The lowest BCUT2D eigenvalue weighted by Gasteiger charge is -2.25. The third-order valence-electron chi connectivity index (χ3n) is 5.73. The van der Waals surface area contributed by atoms with Crippen molar-refractivity contribution in [3.8, 4) is 11.1 Å². The molecule has 2 amide bonds. The van der Waals surface area contributed by atoms with Crippen LogP contribution in [0.1, 0.15) is 31.4 Å². The molecule has 3 aromatic rings. The summed E-state index contributed by atoms with van der Waals surface area (Å²) in [5, 5.41) is 9.35. The van der Waals surface area contributed by atoms with Gasteiger partial charge in [-0.3, -0.25) is 4.98 Å². The van der Waals surface area contributed by atoms with Crippen molar-refractivity contribution < 1.29 is 9.18 Å². The quantitative estimate of drug-likeness (QED) is 0.468. The predicted molar refractivity (Wildman–Crippen MR) is 125 cm³/mol. The van der Waals surface area contributed by atoms with Gasteiger partial charge in [-0.05, 0) is 43.0 Å². The van der Waals surface area contributed by atoms with Crippen LogP contribution in [0.2, 0.25) is 0 Å². The first kappa shape index (κ1) is 22.7. The van der Waals surface area contributed by atoms with Gasteiger partial charge in [0.1, 0.15) is 11.6 Å². The van der Waals surface area contributed by atoms with Crippen molar-refractivity contribution in [2.45, 2.75) is 32.6 Å². The molecule has 1 saturated carbocycles. The molecule has 1 aliphatic carbocycles. The van der Waals surface area contributed by atoms with Gasteiger partial charge in [0.05, 0.1) is 11.2 Å². The van der Waals surface area contributed by atoms with Crippen molar-refractivity contribution in [1.82, 2.24) is 15.3 Å². The molecule has 2 heterocycles. The smallest absolute Gasteiger partial charge is 0.319 e. The number of hydrogen-bond acceptors (Lipinski definition) is 4. The number of carbonyl (C=O) groups excluding carboxylic acids is 1. The third-order valence-corrected chi connectivity index (χ3v) is 5.73.